The fourth-order valence-electron chi connectivity index (χ4n) is 5.07. The highest BCUT2D eigenvalue weighted by Crippen LogP contribution is 2.09. The van der Waals surface area contributed by atoms with Gasteiger partial charge in [0.1, 0.15) is 18.1 Å². The van der Waals surface area contributed by atoms with Crippen molar-refractivity contribution in [1.29, 1.82) is 0 Å². The zero-order chi connectivity index (χ0) is 38.0. The SMILES string of the molecule is C=C(N)[C@H](CCCCN)NC(=O)[C@@H](Cc1ccccc1)NC(=O)[C@H](C)NC(=O)[C@H](C)NC(=O)N(Cc1ccccc1)NC(=O)[C@@H](N)Cc1cnc[nH]1. The van der Waals surface area contributed by atoms with E-state index in [1.165, 1.54) is 20.2 Å². The molecule has 0 bridgehead atoms. The van der Waals surface area contributed by atoms with Gasteiger partial charge in [0.05, 0.1) is 25.0 Å². The van der Waals surface area contributed by atoms with Crippen LogP contribution in [0.2, 0.25) is 0 Å². The summed E-state index contributed by atoms with van der Waals surface area (Å²) in [7, 11) is 0. The second kappa shape index (κ2) is 20.8. The largest absolute Gasteiger partial charge is 0.401 e. The van der Waals surface area contributed by atoms with Crippen LogP contribution in [0.1, 0.15) is 49.9 Å². The van der Waals surface area contributed by atoms with E-state index in [1.54, 1.807) is 30.5 Å². The lowest BCUT2D eigenvalue weighted by Gasteiger charge is -2.27. The molecule has 0 fully saturated rings. The maximum absolute atomic E-state index is 13.5. The number of rotatable bonds is 19. The molecule has 0 aliphatic heterocycles. The highest BCUT2D eigenvalue weighted by Gasteiger charge is 2.29. The Morgan fingerprint density at radius 3 is 1.98 bits per heavy atom. The van der Waals surface area contributed by atoms with Gasteiger partial charge in [0, 0.05) is 30.4 Å². The monoisotopic (exact) mass is 717 g/mol. The average molecular weight is 718 g/mol. The Balaban J connectivity index is 1.64. The maximum Gasteiger partial charge on any atom is 0.337 e. The van der Waals surface area contributed by atoms with E-state index in [2.05, 4.69) is 43.2 Å². The van der Waals surface area contributed by atoms with Gasteiger partial charge >= 0.3 is 6.03 Å². The molecule has 0 spiro atoms. The molecular weight excluding hydrogens is 666 g/mol. The van der Waals surface area contributed by atoms with Crippen molar-refractivity contribution in [2.75, 3.05) is 6.54 Å². The molecule has 2 aromatic carbocycles. The summed E-state index contributed by atoms with van der Waals surface area (Å²) >= 11 is 0. The summed E-state index contributed by atoms with van der Waals surface area (Å²) in [5.41, 5.74) is 22.6. The number of amides is 6. The Hall–Kier alpha value is -5.74. The van der Waals surface area contributed by atoms with Crippen LogP contribution < -0.4 is 43.9 Å². The van der Waals surface area contributed by atoms with Crippen LogP contribution >= 0.6 is 0 Å². The van der Waals surface area contributed by atoms with Gasteiger partial charge < -0.3 is 43.5 Å². The minimum atomic E-state index is -1.13. The summed E-state index contributed by atoms with van der Waals surface area (Å²) in [6.45, 7) is 7.15. The van der Waals surface area contributed by atoms with Crippen LogP contribution in [-0.4, -0.2) is 81.4 Å². The first-order chi connectivity index (χ1) is 24.9. The van der Waals surface area contributed by atoms with Crippen LogP contribution in [0.25, 0.3) is 0 Å². The number of benzene rings is 2. The summed E-state index contributed by atoms with van der Waals surface area (Å²) in [5, 5.41) is 11.8. The second-order valence-electron chi connectivity index (χ2n) is 12.5. The lowest BCUT2D eigenvalue weighted by Crippen LogP contribution is -2.59. The van der Waals surface area contributed by atoms with E-state index in [0.29, 0.717) is 24.2 Å². The van der Waals surface area contributed by atoms with Crippen molar-refractivity contribution in [2.24, 2.45) is 17.2 Å². The van der Waals surface area contributed by atoms with Crippen LogP contribution in [0.3, 0.4) is 0 Å². The zero-order valence-corrected chi connectivity index (χ0v) is 29.6. The minimum Gasteiger partial charge on any atom is -0.401 e. The number of carbonyl (C=O) groups is 5. The molecule has 6 amide bonds. The van der Waals surface area contributed by atoms with Gasteiger partial charge in [-0.05, 0) is 50.8 Å². The minimum absolute atomic E-state index is 0.0292. The lowest BCUT2D eigenvalue weighted by molar-refractivity contribution is -0.132. The number of imidazole rings is 1. The van der Waals surface area contributed by atoms with Crippen molar-refractivity contribution < 1.29 is 24.0 Å². The van der Waals surface area contributed by atoms with Crippen LogP contribution in [0.5, 0.6) is 0 Å². The van der Waals surface area contributed by atoms with Gasteiger partial charge in [0.2, 0.25) is 17.7 Å². The van der Waals surface area contributed by atoms with Crippen LogP contribution in [0, 0.1) is 0 Å². The molecule has 0 saturated heterocycles. The molecule has 1 heterocycles. The van der Waals surface area contributed by atoms with Gasteiger partial charge in [-0.3, -0.25) is 24.6 Å². The number of nitrogens with two attached hydrogens (primary N) is 3. The third-order valence-corrected chi connectivity index (χ3v) is 8.12. The van der Waals surface area contributed by atoms with E-state index in [4.69, 9.17) is 17.2 Å². The Morgan fingerprint density at radius 1 is 0.788 bits per heavy atom. The Kier molecular flexibility index (Phi) is 16.3. The molecule has 12 N–H and O–H groups in total. The average Bonchev–Trinajstić information content (AvgIpc) is 3.64. The highest BCUT2D eigenvalue weighted by molar-refractivity contribution is 5.94. The van der Waals surface area contributed by atoms with Crippen LogP contribution in [-0.2, 0) is 38.6 Å². The van der Waals surface area contributed by atoms with Gasteiger partial charge in [-0.1, -0.05) is 67.2 Å². The summed E-state index contributed by atoms with van der Waals surface area (Å²) in [6, 6.07) is 12.5. The first kappa shape index (κ1) is 40.7. The molecule has 3 rings (SSSR count). The van der Waals surface area contributed by atoms with E-state index in [9.17, 15) is 24.0 Å². The van der Waals surface area contributed by atoms with E-state index in [1.807, 2.05) is 36.4 Å². The number of carbonyl (C=O) groups excluding carboxylic acids is 5. The molecule has 16 heteroatoms. The molecular formula is C36H51N11O5. The van der Waals surface area contributed by atoms with Crippen LogP contribution in [0.15, 0.2) is 85.5 Å². The number of hydrogen-bond acceptors (Lipinski definition) is 9. The van der Waals surface area contributed by atoms with Crippen molar-refractivity contribution in [3.8, 4) is 0 Å². The number of H-pyrrole nitrogens is 1. The predicted molar refractivity (Wildman–Crippen MR) is 196 cm³/mol. The fraction of sp³-hybridized carbons (Fsp3) is 0.389. The molecule has 0 saturated carbocycles. The predicted octanol–water partition coefficient (Wildman–Crippen LogP) is 0.229. The number of nitrogens with zero attached hydrogens (tertiary/aromatic N) is 2. The van der Waals surface area contributed by atoms with E-state index >= 15 is 0 Å². The van der Waals surface area contributed by atoms with Crippen molar-refractivity contribution in [3.63, 3.8) is 0 Å². The number of hydrazine groups is 1. The molecule has 280 valence electrons. The maximum atomic E-state index is 13.5. The third-order valence-electron chi connectivity index (χ3n) is 8.12. The number of unbranched alkanes of at least 4 members (excludes halogenated alkanes) is 1. The zero-order valence-electron chi connectivity index (χ0n) is 29.6. The third kappa shape index (κ3) is 13.5. The second-order valence-corrected chi connectivity index (χ2v) is 12.5. The molecule has 3 aromatic rings. The molecule has 0 aliphatic rings. The molecule has 5 atom stereocenters. The summed E-state index contributed by atoms with van der Waals surface area (Å²) in [4.78, 5) is 73.1. The van der Waals surface area contributed by atoms with Gasteiger partial charge in [-0.2, -0.15) is 0 Å². The normalized spacial score (nSPS) is 13.7. The first-order valence-corrected chi connectivity index (χ1v) is 17.1. The summed E-state index contributed by atoms with van der Waals surface area (Å²) in [6.07, 6.45) is 5.34. The molecule has 1 aromatic heterocycles. The lowest BCUT2D eigenvalue weighted by atomic mass is 10.0. The number of aromatic amines is 1. The van der Waals surface area contributed by atoms with Crippen molar-refractivity contribution in [2.45, 2.75) is 82.7 Å². The van der Waals surface area contributed by atoms with Crippen molar-refractivity contribution >= 4 is 29.7 Å². The molecule has 52 heavy (non-hydrogen) atoms. The fourth-order valence-corrected chi connectivity index (χ4v) is 5.07. The van der Waals surface area contributed by atoms with Gasteiger partial charge in [0.25, 0.3) is 5.91 Å². The number of hydrogen-bond donors (Lipinski definition) is 9. The van der Waals surface area contributed by atoms with E-state index in [-0.39, 0.29) is 25.1 Å². The standard InChI is InChI=1S/C36H51N11O5/c1-23(38)30(16-10-11-17-37)44-35(51)31(18-26-12-6-4-7-13-26)45-33(49)24(2)42-32(48)25(3)43-36(52)47(21-27-14-8-5-9-15-27)46-34(50)29(39)19-28-20-40-22-41-28/h4-9,12-15,20,22,24-25,29-31H,1,10-11,16-19,21,37-39H2,2-3H3,(H,40,41)(H,42,48)(H,43,52)(H,44,51)(H,45,49)(H,46,50)/t24-,25-,29-,30-,31+/m0/s1. The highest BCUT2D eigenvalue weighted by atomic mass is 16.2. The molecule has 16 nitrogen and oxygen atoms in total. The van der Waals surface area contributed by atoms with Gasteiger partial charge in [-0.15, -0.1) is 0 Å². The number of urea groups is 1. The topological polar surface area (TPSA) is 255 Å². The van der Waals surface area contributed by atoms with Crippen LogP contribution in [0.4, 0.5) is 4.79 Å². The number of nitrogens with one attached hydrogen (secondary N) is 6. The Morgan fingerprint density at radius 2 is 1.38 bits per heavy atom. The van der Waals surface area contributed by atoms with E-state index in [0.717, 1.165) is 23.4 Å². The first-order valence-electron chi connectivity index (χ1n) is 17.1. The Labute approximate surface area is 303 Å². The smallest absolute Gasteiger partial charge is 0.337 e. The molecule has 0 aliphatic carbocycles. The quantitative estimate of drug-likeness (QED) is 0.0607. The van der Waals surface area contributed by atoms with Crippen molar-refractivity contribution in [1.82, 2.24) is 41.7 Å². The van der Waals surface area contributed by atoms with Gasteiger partial charge in [-0.25, -0.2) is 14.8 Å². The molecule has 0 radical (unpaired) electrons. The molecule has 0 unspecified atom stereocenters. The summed E-state index contributed by atoms with van der Waals surface area (Å²) < 4.78 is 0. The number of aromatic nitrogens is 2. The Bertz CT molecular complexity index is 1610. The van der Waals surface area contributed by atoms with Crippen molar-refractivity contribution in [3.05, 3.63) is 102 Å². The van der Waals surface area contributed by atoms with E-state index < -0.39 is 59.9 Å². The van der Waals surface area contributed by atoms with Gasteiger partial charge in [0.15, 0.2) is 0 Å². The summed E-state index contributed by atoms with van der Waals surface area (Å²) in [5.74, 6) is -2.40.